The van der Waals surface area contributed by atoms with Crippen molar-refractivity contribution in [2.75, 3.05) is 20.7 Å². The second kappa shape index (κ2) is 7.53. The SMILES string of the molecule is CN(C)S(=O)(=O)c1ccc2c(c1)CN(C(=O)COCc1cccnc1)C2. The molecule has 8 heteroatoms. The van der Waals surface area contributed by atoms with Gasteiger partial charge in [-0.1, -0.05) is 12.1 Å². The summed E-state index contributed by atoms with van der Waals surface area (Å²) in [4.78, 5) is 18.3. The minimum atomic E-state index is -3.48. The first-order chi connectivity index (χ1) is 12.4. The molecule has 1 aromatic heterocycles. The largest absolute Gasteiger partial charge is 0.367 e. The van der Waals surface area contributed by atoms with E-state index in [0.717, 1.165) is 16.7 Å². The normalized spacial score (nSPS) is 13.9. The molecular formula is C18H21N3O4S. The van der Waals surface area contributed by atoms with Gasteiger partial charge in [0.2, 0.25) is 15.9 Å². The van der Waals surface area contributed by atoms with Crippen molar-refractivity contribution in [1.29, 1.82) is 0 Å². The Labute approximate surface area is 153 Å². The summed E-state index contributed by atoms with van der Waals surface area (Å²) in [6.45, 7) is 1.16. The number of sulfonamides is 1. The van der Waals surface area contributed by atoms with E-state index in [-0.39, 0.29) is 17.4 Å². The van der Waals surface area contributed by atoms with E-state index in [9.17, 15) is 13.2 Å². The zero-order valence-corrected chi connectivity index (χ0v) is 15.6. The predicted octanol–water partition coefficient (Wildman–Crippen LogP) is 1.39. The molecular weight excluding hydrogens is 354 g/mol. The van der Waals surface area contributed by atoms with Crippen LogP contribution in [0.5, 0.6) is 0 Å². The molecule has 1 aromatic carbocycles. The van der Waals surface area contributed by atoms with Crippen LogP contribution in [0.2, 0.25) is 0 Å². The van der Waals surface area contributed by atoms with Crippen LogP contribution in [-0.2, 0) is 39.3 Å². The molecule has 1 aliphatic heterocycles. The lowest BCUT2D eigenvalue weighted by atomic mass is 10.1. The van der Waals surface area contributed by atoms with Crippen LogP contribution in [0, 0.1) is 0 Å². The number of amides is 1. The van der Waals surface area contributed by atoms with Crippen LogP contribution in [0.4, 0.5) is 0 Å². The maximum absolute atomic E-state index is 12.4. The van der Waals surface area contributed by atoms with Crippen LogP contribution < -0.4 is 0 Å². The molecule has 0 atom stereocenters. The summed E-state index contributed by atoms with van der Waals surface area (Å²) in [5, 5.41) is 0. The maximum atomic E-state index is 12.4. The summed E-state index contributed by atoms with van der Waals surface area (Å²) in [5.41, 5.74) is 2.72. The van der Waals surface area contributed by atoms with Gasteiger partial charge in [-0.15, -0.1) is 0 Å². The van der Waals surface area contributed by atoms with Crippen molar-refractivity contribution in [3.05, 3.63) is 59.4 Å². The van der Waals surface area contributed by atoms with Crippen LogP contribution in [-0.4, -0.2) is 49.2 Å². The van der Waals surface area contributed by atoms with Crippen molar-refractivity contribution in [3.8, 4) is 0 Å². The van der Waals surface area contributed by atoms with Gasteiger partial charge in [0.25, 0.3) is 0 Å². The molecule has 0 unspecified atom stereocenters. The van der Waals surface area contributed by atoms with Crippen molar-refractivity contribution >= 4 is 15.9 Å². The molecule has 2 aromatic rings. The second-order valence-electron chi connectivity index (χ2n) is 6.32. The molecule has 26 heavy (non-hydrogen) atoms. The lowest BCUT2D eigenvalue weighted by Gasteiger charge is -2.15. The van der Waals surface area contributed by atoms with E-state index >= 15 is 0 Å². The van der Waals surface area contributed by atoms with Gasteiger partial charge < -0.3 is 9.64 Å². The van der Waals surface area contributed by atoms with Crippen molar-refractivity contribution in [3.63, 3.8) is 0 Å². The van der Waals surface area contributed by atoms with Gasteiger partial charge in [0, 0.05) is 39.6 Å². The van der Waals surface area contributed by atoms with Crippen molar-refractivity contribution < 1.29 is 17.9 Å². The Morgan fingerprint density at radius 3 is 2.69 bits per heavy atom. The molecule has 0 spiro atoms. The first kappa shape index (κ1) is 18.5. The molecule has 3 rings (SSSR count). The molecule has 0 bridgehead atoms. The minimum Gasteiger partial charge on any atom is -0.367 e. The summed E-state index contributed by atoms with van der Waals surface area (Å²) in [6, 6.07) is 8.71. The van der Waals surface area contributed by atoms with Gasteiger partial charge >= 0.3 is 0 Å². The quantitative estimate of drug-likeness (QED) is 0.762. The van der Waals surface area contributed by atoms with E-state index in [4.69, 9.17) is 4.74 Å². The van der Waals surface area contributed by atoms with Crippen molar-refractivity contribution in [1.82, 2.24) is 14.2 Å². The highest BCUT2D eigenvalue weighted by Crippen LogP contribution is 2.26. The van der Waals surface area contributed by atoms with E-state index in [2.05, 4.69) is 4.98 Å². The van der Waals surface area contributed by atoms with Crippen LogP contribution in [0.15, 0.2) is 47.6 Å². The van der Waals surface area contributed by atoms with Gasteiger partial charge in [-0.3, -0.25) is 9.78 Å². The summed E-state index contributed by atoms with van der Waals surface area (Å²) in [5.74, 6) is -0.123. The highest BCUT2D eigenvalue weighted by atomic mass is 32.2. The predicted molar refractivity (Wildman–Crippen MR) is 95.5 cm³/mol. The van der Waals surface area contributed by atoms with Crippen LogP contribution >= 0.6 is 0 Å². The number of hydrogen-bond donors (Lipinski definition) is 0. The maximum Gasteiger partial charge on any atom is 0.249 e. The van der Waals surface area contributed by atoms with Crippen molar-refractivity contribution in [2.45, 2.75) is 24.6 Å². The molecule has 2 heterocycles. The fourth-order valence-corrected chi connectivity index (χ4v) is 3.70. The first-order valence-electron chi connectivity index (χ1n) is 8.16. The minimum absolute atomic E-state index is 0.0221. The van der Waals surface area contributed by atoms with Crippen LogP contribution in [0.25, 0.3) is 0 Å². The Morgan fingerprint density at radius 1 is 1.23 bits per heavy atom. The summed E-state index contributed by atoms with van der Waals surface area (Å²) >= 11 is 0. The molecule has 0 radical (unpaired) electrons. The number of nitrogens with zero attached hydrogens (tertiary/aromatic N) is 3. The number of fused-ring (bicyclic) bond motifs is 1. The van der Waals surface area contributed by atoms with Gasteiger partial charge in [-0.05, 0) is 34.9 Å². The molecule has 0 aliphatic carbocycles. The fraction of sp³-hybridized carbons (Fsp3) is 0.333. The smallest absolute Gasteiger partial charge is 0.249 e. The average molecular weight is 375 g/mol. The standard InChI is InChI=1S/C18H21N3O4S/c1-20(2)26(23,24)17-6-5-15-10-21(11-16(15)8-17)18(22)13-25-12-14-4-3-7-19-9-14/h3-9H,10-13H2,1-2H3. The third-order valence-corrected chi connectivity index (χ3v) is 6.06. The van der Waals surface area contributed by atoms with Gasteiger partial charge in [0.1, 0.15) is 6.61 Å². The molecule has 1 aliphatic rings. The van der Waals surface area contributed by atoms with E-state index in [1.807, 2.05) is 12.1 Å². The Balaban J connectivity index is 1.60. The third-order valence-electron chi connectivity index (χ3n) is 4.25. The lowest BCUT2D eigenvalue weighted by Crippen LogP contribution is -2.29. The van der Waals surface area contributed by atoms with Gasteiger partial charge in [-0.25, -0.2) is 12.7 Å². The van der Waals surface area contributed by atoms with Crippen LogP contribution in [0.1, 0.15) is 16.7 Å². The van der Waals surface area contributed by atoms with E-state index in [0.29, 0.717) is 19.7 Å². The molecule has 0 fully saturated rings. The molecule has 1 amide bonds. The Kier molecular flexibility index (Phi) is 5.36. The molecule has 138 valence electrons. The monoisotopic (exact) mass is 375 g/mol. The second-order valence-corrected chi connectivity index (χ2v) is 8.47. The van der Waals surface area contributed by atoms with Crippen LogP contribution in [0.3, 0.4) is 0 Å². The number of carbonyl (C=O) groups excluding carboxylic acids is 1. The van der Waals surface area contributed by atoms with Gasteiger partial charge in [0.15, 0.2) is 0 Å². The van der Waals surface area contributed by atoms with Gasteiger partial charge in [-0.2, -0.15) is 0 Å². The van der Waals surface area contributed by atoms with E-state index < -0.39 is 10.0 Å². The summed E-state index contributed by atoms with van der Waals surface area (Å²) in [7, 11) is -0.486. The van der Waals surface area contributed by atoms with E-state index in [1.54, 1.807) is 35.5 Å². The number of hydrogen-bond acceptors (Lipinski definition) is 5. The highest BCUT2D eigenvalue weighted by molar-refractivity contribution is 7.89. The molecule has 0 N–H and O–H groups in total. The number of aromatic nitrogens is 1. The molecule has 0 saturated carbocycles. The Bertz CT molecular complexity index is 898. The number of ether oxygens (including phenoxy) is 1. The number of pyridine rings is 1. The lowest BCUT2D eigenvalue weighted by molar-refractivity contribution is -0.137. The van der Waals surface area contributed by atoms with Crippen molar-refractivity contribution in [2.24, 2.45) is 0 Å². The third kappa shape index (κ3) is 3.92. The highest BCUT2D eigenvalue weighted by Gasteiger charge is 2.26. The zero-order valence-electron chi connectivity index (χ0n) is 14.8. The molecule has 7 nitrogen and oxygen atoms in total. The first-order valence-corrected chi connectivity index (χ1v) is 9.60. The Hall–Kier alpha value is -2.29. The van der Waals surface area contributed by atoms with E-state index in [1.165, 1.54) is 18.4 Å². The average Bonchev–Trinajstić information content (AvgIpc) is 3.05. The summed E-state index contributed by atoms with van der Waals surface area (Å²) in [6.07, 6.45) is 3.38. The number of carbonyl (C=O) groups is 1. The topological polar surface area (TPSA) is 79.8 Å². The molecule has 0 saturated heterocycles. The number of rotatable bonds is 6. The fourth-order valence-electron chi connectivity index (χ4n) is 2.75. The summed E-state index contributed by atoms with van der Waals surface area (Å²) < 4.78 is 31.1. The Morgan fingerprint density at radius 2 is 2.00 bits per heavy atom. The zero-order chi connectivity index (χ0) is 18.7. The van der Waals surface area contributed by atoms with Gasteiger partial charge in [0.05, 0.1) is 11.5 Å². The number of benzene rings is 1.